The number of aromatic nitrogens is 4. The van der Waals surface area contributed by atoms with Gasteiger partial charge in [0.25, 0.3) is 0 Å². The molecule has 0 saturated carbocycles. The Bertz CT molecular complexity index is 1800. The number of esters is 1. The lowest BCUT2D eigenvalue weighted by atomic mass is 9.97. The molecule has 206 valence electrons. The van der Waals surface area contributed by atoms with E-state index in [1.54, 1.807) is 0 Å². The molecule has 0 amide bonds. The van der Waals surface area contributed by atoms with Crippen LogP contribution in [-0.4, -0.2) is 44.6 Å². The number of carbonyl (C=O) groups excluding carboxylic acids is 1. The third-order valence-corrected chi connectivity index (χ3v) is 8.32. The Labute approximate surface area is 241 Å². The molecule has 5 aromatic rings. The van der Waals surface area contributed by atoms with Gasteiger partial charge in [0.05, 0.1) is 41.3 Å². The van der Waals surface area contributed by atoms with Crippen LogP contribution in [-0.2, 0) is 27.9 Å². The first-order chi connectivity index (χ1) is 19.1. The quantitative estimate of drug-likeness (QED) is 0.223. The molecule has 0 fully saturated rings. The summed E-state index contributed by atoms with van der Waals surface area (Å²) in [7, 11) is 3.34. The monoisotopic (exact) mass is 601 g/mol. The van der Waals surface area contributed by atoms with Crippen molar-refractivity contribution in [3.8, 4) is 22.5 Å². The average molecular weight is 603 g/mol. The highest BCUT2D eigenvalue weighted by Crippen LogP contribution is 2.46. The number of hydrogen-bond donors (Lipinski definition) is 1. The Hall–Kier alpha value is -3.69. The van der Waals surface area contributed by atoms with Crippen molar-refractivity contribution in [3.05, 3.63) is 64.4 Å². The van der Waals surface area contributed by atoms with Crippen molar-refractivity contribution in [2.45, 2.75) is 45.9 Å². The minimum Gasteiger partial charge on any atom is -0.467 e. The molecule has 0 spiro atoms. The highest BCUT2D eigenvalue weighted by Gasteiger charge is 2.34. The maximum atomic E-state index is 13.0. The van der Waals surface area contributed by atoms with E-state index < -0.39 is 17.7 Å². The molecule has 2 aromatic carbocycles. The van der Waals surface area contributed by atoms with E-state index >= 15 is 0 Å². The van der Waals surface area contributed by atoms with Crippen molar-refractivity contribution in [1.29, 1.82) is 0 Å². The molecular formula is C31H32BrN5O3. The summed E-state index contributed by atoms with van der Waals surface area (Å²) in [4.78, 5) is 17.7. The zero-order chi connectivity index (χ0) is 28.3. The highest BCUT2D eigenvalue weighted by atomic mass is 79.9. The number of rotatable bonds is 5. The third kappa shape index (κ3) is 4.37. The van der Waals surface area contributed by atoms with Crippen LogP contribution in [0.3, 0.4) is 0 Å². The van der Waals surface area contributed by atoms with Crippen molar-refractivity contribution in [2.75, 3.05) is 19.0 Å². The van der Waals surface area contributed by atoms with E-state index in [4.69, 9.17) is 14.5 Å². The Morgan fingerprint density at radius 1 is 1.15 bits per heavy atom. The van der Waals surface area contributed by atoms with Gasteiger partial charge in [-0.3, -0.25) is 9.67 Å². The van der Waals surface area contributed by atoms with Gasteiger partial charge in [0.1, 0.15) is 0 Å². The van der Waals surface area contributed by atoms with Crippen molar-refractivity contribution in [1.82, 2.24) is 19.3 Å². The number of halogens is 1. The zero-order valence-electron chi connectivity index (χ0n) is 23.5. The second-order valence-corrected chi connectivity index (χ2v) is 12.0. The summed E-state index contributed by atoms with van der Waals surface area (Å²) in [6, 6.07) is 12.7. The number of carbonyl (C=O) groups is 1. The molecule has 0 unspecified atom stereocenters. The molecule has 40 heavy (non-hydrogen) atoms. The van der Waals surface area contributed by atoms with Gasteiger partial charge in [-0.2, -0.15) is 5.10 Å². The molecule has 3 aromatic heterocycles. The van der Waals surface area contributed by atoms with Crippen LogP contribution in [0.1, 0.15) is 38.0 Å². The number of hydrogen-bond acceptors (Lipinski definition) is 6. The summed E-state index contributed by atoms with van der Waals surface area (Å²) < 4.78 is 16.5. The number of aryl methyl sites for hydroxylation is 1. The smallest absolute Gasteiger partial charge is 0.339 e. The summed E-state index contributed by atoms with van der Waals surface area (Å²) in [6.45, 7) is 9.43. The normalized spacial score (nSPS) is 14.0. The van der Waals surface area contributed by atoms with E-state index in [-0.39, 0.29) is 0 Å². The maximum absolute atomic E-state index is 13.0. The SMILES string of the molecule is COC(=O)[C@@H](OC(C)(C)C)c1c(C)c2c3c(cc(-c4ccnc(-c5ccc6c(cnn6C)c5)c4)n3CCN2)c1Br. The minimum absolute atomic E-state index is 0.426. The van der Waals surface area contributed by atoms with Crippen LogP contribution in [0.15, 0.2) is 53.3 Å². The Kier molecular flexibility index (Phi) is 6.46. The van der Waals surface area contributed by atoms with Crippen LogP contribution in [0.4, 0.5) is 5.69 Å². The molecule has 8 nitrogen and oxygen atoms in total. The van der Waals surface area contributed by atoms with E-state index in [2.05, 4.69) is 61.2 Å². The molecule has 1 N–H and O–H groups in total. The summed E-state index contributed by atoms with van der Waals surface area (Å²) in [6.07, 6.45) is 2.87. The van der Waals surface area contributed by atoms with Crippen LogP contribution in [0.2, 0.25) is 0 Å². The van der Waals surface area contributed by atoms with Gasteiger partial charge < -0.3 is 19.4 Å². The zero-order valence-corrected chi connectivity index (χ0v) is 25.1. The Balaban J connectivity index is 1.52. The van der Waals surface area contributed by atoms with Crippen molar-refractivity contribution < 1.29 is 14.3 Å². The predicted octanol–water partition coefficient (Wildman–Crippen LogP) is 6.78. The second kappa shape index (κ2) is 9.74. The lowest BCUT2D eigenvalue weighted by Crippen LogP contribution is -2.29. The van der Waals surface area contributed by atoms with Crippen LogP contribution >= 0.6 is 15.9 Å². The number of methoxy groups -OCH3 is 1. The van der Waals surface area contributed by atoms with Crippen LogP contribution in [0.5, 0.6) is 0 Å². The highest BCUT2D eigenvalue weighted by molar-refractivity contribution is 9.10. The van der Waals surface area contributed by atoms with E-state index in [9.17, 15) is 4.79 Å². The van der Waals surface area contributed by atoms with Gasteiger partial charge in [-0.15, -0.1) is 0 Å². The van der Waals surface area contributed by atoms with Crippen LogP contribution in [0, 0.1) is 6.92 Å². The van der Waals surface area contributed by atoms with E-state index in [0.29, 0.717) is 0 Å². The molecule has 1 aliphatic heterocycles. The number of benzene rings is 2. The van der Waals surface area contributed by atoms with E-state index in [1.807, 2.05) is 57.9 Å². The first-order valence-electron chi connectivity index (χ1n) is 13.3. The molecule has 6 rings (SSSR count). The molecule has 0 radical (unpaired) electrons. The average Bonchev–Trinajstić information content (AvgIpc) is 3.51. The molecule has 0 bridgehead atoms. The summed E-state index contributed by atoms with van der Waals surface area (Å²) in [5.41, 5.74) is 8.49. The van der Waals surface area contributed by atoms with Crippen LogP contribution < -0.4 is 5.32 Å². The Morgan fingerprint density at radius 2 is 1.95 bits per heavy atom. The molecule has 0 saturated heterocycles. The van der Waals surface area contributed by atoms with E-state index in [0.717, 1.165) is 78.7 Å². The van der Waals surface area contributed by atoms with Gasteiger partial charge in [-0.1, -0.05) is 6.07 Å². The molecule has 1 atom stereocenters. The molecular weight excluding hydrogens is 570 g/mol. The fourth-order valence-corrected chi connectivity index (χ4v) is 6.46. The van der Waals surface area contributed by atoms with Gasteiger partial charge in [-0.05, 0) is 79.5 Å². The number of nitrogens with one attached hydrogen (secondary N) is 1. The van der Waals surface area contributed by atoms with Gasteiger partial charge >= 0.3 is 5.97 Å². The number of nitrogens with zero attached hydrogens (tertiary/aromatic N) is 4. The lowest BCUT2D eigenvalue weighted by Gasteiger charge is -2.30. The van der Waals surface area contributed by atoms with Crippen molar-refractivity contribution >= 4 is 49.4 Å². The fraction of sp³-hybridized carbons (Fsp3) is 0.323. The standard InChI is InChI=1S/C31H32BrN5O3/c1-17-25(29(30(38)39-6)40-31(2,3)4)26(32)21-15-24(37-12-11-34-27(17)28(21)37)19-9-10-33-22(14-19)18-7-8-23-20(13-18)16-35-36(23)5/h7-10,13-16,29,34H,11-12H2,1-6H3/t29-/m0/s1. The molecule has 9 heteroatoms. The largest absolute Gasteiger partial charge is 0.467 e. The lowest BCUT2D eigenvalue weighted by molar-refractivity contribution is -0.164. The molecule has 4 heterocycles. The number of fused-ring (bicyclic) bond motifs is 1. The van der Waals surface area contributed by atoms with Gasteiger partial charge in [0.15, 0.2) is 6.10 Å². The van der Waals surface area contributed by atoms with Gasteiger partial charge in [0, 0.05) is 64.0 Å². The van der Waals surface area contributed by atoms with Crippen molar-refractivity contribution in [2.24, 2.45) is 7.05 Å². The van der Waals surface area contributed by atoms with Crippen molar-refractivity contribution in [3.63, 3.8) is 0 Å². The minimum atomic E-state index is -0.870. The first-order valence-corrected chi connectivity index (χ1v) is 14.1. The number of ether oxygens (including phenoxy) is 2. The first kappa shape index (κ1) is 26.5. The second-order valence-electron chi connectivity index (χ2n) is 11.2. The predicted molar refractivity (Wildman–Crippen MR) is 161 cm³/mol. The number of anilines is 1. The van der Waals surface area contributed by atoms with Gasteiger partial charge in [-0.25, -0.2) is 4.79 Å². The maximum Gasteiger partial charge on any atom is 0.339 e. The summed E-state index contributed by atoms with van der Waals surface area (Å²) >= 11 is 3.87. The topological polar surface area (TPSA) is 83.2 Å². The molecule has 1 aliphatic rings. The fourth-order valence-electron chi connectivity index (χ4n) is 5.66. The van der Waals surface area contributed by atoms with E-state index in [1.165, 1.54) is 7.11 Å². The number of pyridine rings is 1. The Morgan fingerprint density at radius 3 is 2.70 bits per heavy atom. The summed E-state index contributed by atoms with van der Waals surface area (Å²) in [5, 5.41) is 10.1. The molecule has 0 aliphatic carbocycles. The van der Waals surface area contributed by atoms with Crippen LogP contribution in [0.25, 0.3) is 44.3 Å². The third-order valence-electron chi connectivity index (χ3n) is 7.47. The summed E-state index contributed by atoms with van der Waals surface area (Å²) in [5.74, 6) is -0.426. The van der Waals surface area contributed by atoms with Gasteiger partial charge in [0.2, 0.25) is 0 Å².